The molecule has 0 bridgehead atoms. The Bertz CT molecular complexity index is 1460. The lowest BCUT2D eigenvalue weighted by Gasteiger charge is -2.34. The number of hydrogen-bond donors (Lipinski definition) is 2. The molecule has 2 aromatic heterocycles. The number of nitrogens with zero attached hydrogens (tertiary/aromatic N) is 6. The van der Waals surface area contributed by atoms with E-state index >= 15 is 0 Å². The third kappa shape index (κ3) is 5.54. The van der Waals surface area contributed by atoms with Crippen LogP contribution in [0.5, 0.6) is 0 Å². The molecule has 0 atom stereocenters. The van der Waals surface area contributed by atoms with Crippen molar-refractivity contribution >= 4 is 30.4 Å². The Hall–Kier alpha value is -4.88. The van der Waals surface area contributed by atoms with Crippen LogP contribution >= 0.6 is 0 Å². The Morgan fingerprint density at radius 2 is 1.82 bits per heavy atom. The van der Waals surface area contributed by atoms with E-state index in [9.17, 15) is 22.8 Å². The van der Waals surface area contributed by atoms with Crippen LogP contribution in [0, 0.1) is 0 Å². The number of halogens is 3. The molecule has 0 aliphatic carbocycles. The number of amides is 2. The predicted molar refractivity (Wildman–Crippen MR) is 137 cm³/mol. The van der Waals surface area contributed by atoms with Crippen LogP contribution in [-0.2, 0) is 11.0 Å². The Kier molecular flexibility index (Phi) is 6.92. The van der Waals surface area contributed by atoms with E-state index < -0.39 is 17.6 Å². The molecule has 11 nitrogen and oxygen atoms in total. The van der Waals surface area contributed by atoms with Crippen LogP contribution in [-0.4, -0.2) is 65.1 Å². The van der Waals surface area contributed by atoms with Gasteiger partial charge in [0.25, 0.3) is 17.8 Å². The lowest BCUT2D eigenvalue weighted by Crippen LogP contribution is -2.49. The fourth-order valence-electron chi connectivity index (χ4n) is 4.09. The predicted octanol–water partition coefficient (Wildman–Crippen LogP) is 3.09. The summed E-state index contributed by atoms with van der Waals surface area (Å²) in [5.74, 6) is -0.426. The minimum Gasteiger partial charge on any atom is -0.423 e. The van der Waals surface area contributed by atoms with Crippen molar-refractivity contribution in [2.75, 3.05) is 36.5 Å². The molecule has 39 heavy (non-hydrogen) atoms. The molecule has 0 spiro atoms. The first-order valence-electron chi connectivity index (χ1n) is 11.9. The standard InChI is InChI=1S/C25H23F3N8O3/c1-16-19(13-31-33-22(37)20-3-2-8-36(20)32-15-30-16)23(38)34-9-11-35(12-10-34)24-29-14-21(39-24)17-4-6-18(7-5-17)25(26,27)28/h2-8,13-15H,9-12H2,1H3,(H,30,32)(H,33,37)/b19-16+,31-13-. The van der Waals surface area contributed by atoms with Crippen LogP contribution in [0.1, 0.15) is 23.0 Å². The molecule has 1 aromatic carbocycles. The van der Waals surface area contributed by atoms with Gasteiger partial charge in [-0.25, -0.2) is 15.4 Å². The number of hydrazone groups is 1. The fourth-order valence-corrected chi connectivity index (χ4v) is 4.09. The van der Waals surface area contributed by atoms with E-state index in [2.05, 4.69) is 25.9 Å². The maximum Gasteiger partial charge on any atom is 0.416 e. The Morgan fingerprint density at radius 3 is 2.54 bits per heavy atom. The molecular formula is C25H23F3N8O3. The lowest BCUT2D eigenvalue weighted by molar-refractivity contribution is -0.137. The van der Waals surface area contributed by atoms with Crippen LogP contribution in [0.4, 0.5) is 19.2 Å². The first-order chi connectivity index (χ1) is 18.7. The van der Waals surface area contributed by atoms with Gasteiger partial charge in [0.15, 0.2) is 5.76 Å². The molecule has 2 N–H and O–H groups in total. The van der Waals surface area contributed by atoms with Gasteiger partial charge in [-0.3, -0.25) is 19.7 Å². The molecule has 4 heterocycles. The van der Waals surface area contributed by atoms with Crippen LogP contribution in [0.25, 0.3) is 11.3 Å². The summed E-state index contributed by atoms with van der Waals surface area (Å²) in [6.45, 7) is 3.19. The number of nitrogens with one attached hydrogen (secondary N) is 2. The zero-order valence-electron chi connectivity index (χ0n) is 20.6. The molecular weight excluding hydrogens is 517 g/mol. The second kappa shape index (κ2) is 10.5. The molecule has 0 saturated carbocycles. The van der Waals surface area contributed by atoms with E-state index in [0.29, 0.717) is 54.9 Å². The number of aromatic nitrogens is 2. The minimum atomic E-state index is -4.42. The Balaban J connectivity index is 1.24. The van der Waals surface area contributed by atoms with E-state index in [1.165, 1.54) is 35.6 Å². The smallest absolute Gasteiger partial charge is 0.416 e. The lowest BCUT2D eigenvalue weighted by atomic mass is 10.1. The van der Waals surface area contributed by atoms with Gasteiger partial charge in [-0.1, -0.05) is 12.1 Å². The molecule has 2 aliphatic heterocycles. The van der Waals surface area contributed by atoms with E-state index in [0.717, 1.165) is 12.1 Å². The summed E-state index contributed by atoms with van der Waals surface area (Å²) in [5, 5.41) is 3.95. The molecule has 3 aromatic rings. The molecule has 0 radical (unpaired) electrons. The van der Waals surface area contributed by atoms with Gasteiger partial charge in [-0.05, 0) is 31.2 Å². The molecule has 2 aliphatic rings. The number of rotatable bonds is 3. The largest absolute Gasteiger partial charge is 0.423 e. The van der Waals surface area contributed by atoms with Gasteiger partial charge in [0.2, 0.25) is 0 Å². The van der Waals surface area contributed by atoms with Crippen molar-refractivity contribution in [1.29, 1.82) is 0 Å². The summed E-state index contributed by atoms with van der Waals surface area (Å²) in [5.41, 5.74) is 5.93. The van der Waals surface area contributed by atoms with Crippen molar-refractivity contribution in [3.63, 3.8) is 0 Å². The SMILES string of the molecule is C/C1=C(C(=O)N2CCN(c3ncc(-c4ccc(C(F)(F)F)cc4)o3)CC2)/C=N\NC(=O)c2cccn2NC=N1. The average molecular weight is 541 g/mol. The topological polar surface area (TPSA) is 120 Å². The van der Waals surface area contributed by atoms with Gasteiger partial charge in [0.05, 0.1) is 29.2 Å². The second-order valence-corrected chi connectivity index (χ2v) is 8.71. The highest BCUT2D eigenvalue weighted by molar-refractivity contribution is 6.13. The Morgan fingerprint density at radius 1 is 1.08 bits per heavy atom. The molecule has 14 heteroatoms. The summed E-state index contributed by atoms with van der Waals surface area (Å²) >= 11 is 0. The zero-order chi connectivity index (χ0) is 27.6. The van der Waals surface area contributed by atoms with Crippen molar-refractivity contribution in [3.8, 4) is 11.3 Å². The quantitative estimate of drug-likeness (QED) is 0.527. The van der Waals surface area contributed by atoms with Gasteiger partial charge in [0, 0.05) is 37.9 Å². The first kappa shape index (κ1) is 25.8. The average Bonchev–Trinajstić information content (AvgIpc) is 3.60. The van der Waals surface area contributed by atoms with Crippen LogP contribution in [0.15, 0.2) is 74.6 Å². The van der Waals surface area contributed by atoms with Crippen LogP contribution in [0.2, 0.25) is 0 Å². The molecule has 2 amide bonds. The zero-order valence-corrected chi connectivity index (χ0v) is 20.6. The third-order valence-electron chi connectivity index (χ3n) is 6.24. The van der Waals surface area contributed by atoms with Crippen LogP contribution < -0.4 is 15.8 Å². The highest BCUT2D eigenvalue weighted by Crippen LogP contribution is 2.32. The number of oxazole rings is 1. The maximum atomic E-state index is 13.3. The van der Waals surface area contributed by atoms with Crippen molar-refractivity contribution in [3.05, 3.63) is 71.3 Å². The van der Waals surface area contributed by atoms with Gasteiger partial charge < -0.3 is 14.2 Å². The number of anilines is 1. The monoisotopic (exact) mass is 540 g/mol. The summed E-state index contributed by atoms with van der Waals surface area (Å²) in [4.78, 5) is 37.7. The van der Waals surface area contributed by atoms with Crippen molar-refractivity contribution in [1.82, 2.24) is 20.0 Å². The summed E-state index contributed by atoms with van der Waals surface area (Å²) < 4.78 is 45.8. The number of benzene rings is 1. The number of fused-ring (bicyclic) bond motifs is 1. The van der Waals surface area contributed by atoms with E-state index in [1.807, 2.05) is 4.90 Å². The highest BCUT2D eigenvalue weighted by atomic mass is 19.4. The summed E-state index contributed by atoms with van der Waals surface area (Å²) in [6, 6.07) is 8.26. The summed E-state index contributed by atoms with van der Waals surface area (Å²) in [6.07, 6.45) is 1.35. The molecule has 1 fully saturated rings. The van der Waals surface area contributed by atoms with E-state index in [4.69, 9.17) is 4.42 Å². The number of alkyl halides is 3. The summed E-state index contributed by atoms with van der Waals surface area (Å²) in [7, 11) is 0. The Labute approximate surface area is 220 Å². The molecule has 202 valence electrons. The first-order valence-corrected chi connectivity index (χ1v) is 11.9. The van der Waals surface area contributed by atoms with Gasteiger partial charge in [-0.2, -0.15) is 18.3 Å². The van der Waals surface area contributed by atoms with Crippen LogP contribution in [0.3, 0.4) is 0 Å². The van der Waals surface area contributed by atoms with Gasteiger partial charge >= 0.3 is 6.18 Å². The van der Waals surface area contributed by atoms with E-state index in [1.54, 1.807) is 30.2 Å². The van der Waals surface area contributed by atoms with Gasteiger partial charge in [0.1, 0.15) is 12.0 Å². The number of carbonyl (C=O) groups is 2. The van der Waals surface area contributed by atoms with Crippen molar-refractivity contribution < 1.29 is 27.2 Å². The van der Waals surface area contributed by atoms with E-state index in [-0.39, 0.29) is 11.5 Å². The van der Waals surface area contributed by atoms with Crippen molar-refractivity contribution in [2.24, 2.45) is 10.1 Å². The van der Waals surface area contributed by atoms with Gasteiger partial charge in [-0.15, -0.1) is 0 Å². The highest BCUT2D eigenvalue weighted by Gasteiger charge is 2.30. The number of aliphatic imine (C=N–C) groups is 1. The normalized spacial score (nSPS) is 19.1. The number of carbonyl (C=O) groups excluding carboxylic acids is 2. The minimum absolute atomic E-state index is 0.217. The molecule has 0 unspecified atom stereocenters. The number of piperazine rings is 1. The van der Waals surface area contributed by atoms with Crippen molar-refractivity contribution in [2.45, 2.75) is 13.1 Å². The molecule has 5 rings (SSSR count). The molecule has 1 saturated heterocycles. The third-order valence-corrected chi connectivity index (χ3v) is 6.24. The number of allylic oxidation sites excluding steroid dienone is 1. The number of hydrogen-bond acceptors (Lipinski definition) is 8. The second-order valence-electron chi connectivity index (χ2n) is 8.71. The maximum absolute atomic E-state index is 13.3. The fraction of sp³-hybridized carbons (Fsp3) is 0.240.